The van der Waals surface area contributed by atoms with Crippen molar-refractivity contribution >= 4 is 23.3 Å². The van der Waals surface area contributed by atoms with Crippen LogP contribution < -0.4 is 5.32 Å². The number of para-hydroxylation sites is 1. The normalized spacial score (nSPS) is 10.1. The number of hydrogen-bond acceptors (Lipinski definition) is 2. The van der Waals surface area contributed by atoms with E-state index in [4.69, 9.17) is 16.7 Å². The molecule has 2 aromatic rings. The van der Waals surface area contributed by atoms with Crippen molar-refractivity contribution in [2.75, 3.05) is 5.32 Å². The van der Waals surface area contributed by atoms with E-state index in [1.165, 1.54) is 0 Å². The van der Waals surface area contributed by atoms with Crippen molar-refractivity contribution in [2.45, 2.75) is 6.54 Å². The Balaban J connectivity index is 2.16. The largest absolute Gasteiger partial charge is 0.478 e. The van der Waals surface area contributed by atoms with E-state index >= 15 is 0 Å². The number of benzene rings is 2. The molecule has 0 amide bonds. The topological polar surface area (TPSA) is 49.3 Å². The van der Waals surface area contributed by atoms with Crippen molar-refractivity contribution < 1.29 is 9.90 Å². The minimum atomic E-state index is -0.924. The molecule has 0 aromatic heterocycles. The van der Waals surface area contributed by atoms with Gasteiger partial charge < -0.3 is 10.4 Å². The van der Waals surface area contributed by atoms with Crippen molar-refractivity contribution in [2.24, 2.45) is 0 Å². The van der Waals surface area contributed by atoms with Crippen LogP contribution in [0.4, 0.5) is 5.69 Å². The van der Waals surface area contributed by atoms with Gasteiger partial charge in [0.1, 0.15) is 0 Å². The van der Waals surface area contributed by atoms with Crippen LogP contribution in [0.25, 0.3) is 0 Å². The van der Waals surface area contributed by atoms with Crippen molar-refractivity contribution in [3.05, 3.63) is 64.7 Å². The zero-order valence-corrected chi connectivity index (χ0v) is 10.3. The third-order valence-corrected chi connectivity index (χ3v) is 2.92. The zero-order valence-electron chi connectivity index (χ0n) is 9.56. The quantitative estimate of drug-likeness (QED) is 0.883. The first-order valence-corrected chi connectivity index (χ1v) is 5.86. The van der Waals surface area contributed by atoms with Gasteiger partial charge in [-0.05, 0) is 23.8 Å². The first kappa shape index (κ1) is 12.5. The molecule has 3 nitrogen and oxygen atoms in total. The smallest absolute Gasteiger partial charge is 0.336 e. The Morgan fingerprint density at radius 3 is 2.50 bits per heavy atom. The molecule has 0 saturated carbocycles. The molecule has 0 saturated heterocycles. The molecule has 18 heavy (non-hydrogen) atoms. The molecule has 92 valence electrons. The number of hydrogen-bond donors (Lipinski definition) is 2. The summed E-state index contributed by atoms with van der Waals surface area (Å²) in [6, 6.07) is 14.3. The number of aromatic carboxylic acids is 1. The third-order valence-electron chi connectivity index (χ3n) is 2.59. The molecule has 0 unspecified atom stereocenters. The second kappa shape index (κ2) is 5.56. The summed E-state index contributed by atoms with van der Waals surface area (Å²) in [5.74, 6) is -0.924. The summed E-state index contributed by atoms with van der Waals surface area (Å²) in [6.45, 7) is 0.423. The monoisotopic (exact) mass is 261 g/mol. The standard InChI is InChI=1S/C14H12ClNO2/c15-12-7-3-4-8-13(12)16-9-10-5-1-2-6-11(10)14(17)18/h1-8,16H,9H2,(H,17,18). The van der Waals surface area contributed by atoms with Crippen molar-refractivity contribution in [1.82, 2.24) is 0 Å². The van der Waals surface area contributed by atoms with E-state index in [9.17, 15) is 4.79 Å². The highest BCUT2D eigenvalue weighted by Crippen LogP contribution is 2.21. The van der Waals surface area contributed by atoms with E-state index in [1.54, 1.807) is 24.3 Å². The molecule has 0 bridgehead atoms. The molecule has 2 N–H and O–H groups in total. The summed E-state index contributed by atoms with van der Waals surface area (Å²) in [5, 5.41) is 12.8. The van der Waals surface area contributed by atoms with Gasteiger partial charge in [0.05, 0.1) is 16.3 Å². The van der Waals surface area contributed by atoms with Gasteiger partial charge in [0, 0.05) is 6.54 Å². The zero-order chi connectivity index (χ0) is 13.0. The average molecular weight is 262 g/mol. The van der Waals surface area contributed by atoms with Crippen molar-refractivity contribution in [1.29, 1.82) is 0 Å². The van der Waals surface area contributed by atoms with E-state index in [0.717, 1.165) is 11.3 Å². The van der Waals surface area contributed by atoms with Crippen LogP contribution in [-0.2, 0) is 6.54 Å². The molecule has 0 spiro atoms. The number of carboxylic acids is 1. The summed E-state index contributed by atoms with van der Waals surface area (Å²) < 4.78 is 0. The molecule has 4 heteroatoms. The summed E-state index contributed by atoms with van der Waals surface area (Å²) in [7, 11) is 0. The van der Waals surface area contributed by atoms with E-state index in [2.05, 4.69) is 5.32 Å². The molecule has 0 atom stereocenters. The third kappa shape index (κ3) is 2.81. The van der Waals surface area contributed by atoms with Gasteiger partial charge in [-0.3, -0.25) is 0 Å². The molecule has 0 radical (unpaired) electrons. The van der Waals surface area contributed by atoms with Gasteiger partial charge in [0.15, 0.2) is 0 Å². The molecule has 0 aliphatic carbocycles. The van der Waals surface area contributed by atoms with Crippen LogP contribution in [0, 0.1) is 0 Å². The SMILES string of the molecule is O=C(O)c1ccccc1CNc1ccccc1Cl. The van der Waals surface area contributed by atoms with Gasteiger partial charge in [-0.2, -0.15) is 0 Å². The minimum Gasteiger partial charge on any atom is -0.478 e. The molecule has 2 aromatic carbocycles. The predicted octanol–water partition coefficient (Wildman–Crippen LogP) is 3.65. The Bertz CT molecular complexity index is 569. The van der Waals surface area contributed by atoms with E-state index < -0.39 is 5.97 Å². The molecule has 0 heterocycles. The second-order valence-corrected chi connectivity index (χ2v) is 4.20. The van der Waals surface area contributed by atoms with E-state index in [0.29, 0.717) is 17.1 Å². The van der Waals surface area contributed by atoms with E-state index in [-0.39, 0.29) is 0 Å². The van der Waals surface area contributed by atoms with Crippen molar-refractivity contribution in [3.8, 4) is 0 Å². The highest BCUT2D eigenvalue weighted by atomic mass is 35.5. The lowest BCUT2D eigenvalue weighted by atomic mass is 10.1. The summed E-state index contributed by atoms with van der Waals surface area (Å²) in [5.41, 5.74) is 1.82. The molecule has 0 fully saturated rings. The van der Waals surface area contributed by atoms with Gasteiger partial charge in [-0.15, -0.1) is 0 Å². The number of nitrogens with one attached hydrogen (secondary N) is 1. The van der Waals surface area contributed by atoms with Gasteiger partial charge in [-0.25, -0.2) is 4.79 Å². The lowest BCUT2D eigenvalue weighted by Gasteiger charge is -2.10. The minimum absolute atomic E-state index is 0.303. The Labute approximate surface area is 110 Å². The molecule has 2 rings (SSSR count). The Hall–Kier alpha value is -2.00. The van der Waals surface area contributed by atoms with Crippen LogP contribution in [0.15, 0.2) is 48.5 Å². The molecule has 0 aliphatic rings. The fourth-order valence-corrected chi connectivity index (χ4v) is 1.88. The van der Waals surface area contributed by atoms with Crippen LogP contribution in [0.3, 0.4) is 0 Å². The van der Waals surface area contributed by atoms with Crippen LogP contribution in [0.5, 0.6) is 0 Å². The number of carbonyl (C=O) groups is 1. The maximum Gasteiger partial charge on any atom is 0.336 e. The highest BCUT2D eigenvalue weighted by Gasteiger charge is 2.08. The van der Waals surface area contributed by atoms with Crippen LogP contribution in [0.2, 0.25) is 5.02 Å². The Kier molecular flexibility index (Phi) is 3.85. The fraction of sp³-hybridized carbons (Fsp3) is 0.0714. The maximum atomic E-state index is 11.0. The van der Waals surface area contributed by atoms with Gasteiger partial charge in [0.2, 0.25) is 0 Å². The van der Waals surface area contributed by atoms with Crippen LogP contribution in [-0.4, -0.2) is 11.1 Å². The summed E-state index contributed by atoms with van der Waals surface area (Å²) in [4.78, 5) is 11.0. The number of anilines is 1. The highest BCUT2D eigenvalue weighted by molar-refractivity contribution is 6.33. The van der Waals surface area contributed by atoms with Gasteiger partial charge >= 0.3 is 5.97 Å². The van der Waals surface area contributed by atoms with Crippen LogP contribution in [0.1, 0.15) is 15.9 Å². The first-order valence-electron chi connectivity index (χ1n) is 5.48. The lowest BCUT2D eigenvalue weighted by molar-refractivity contribution is 0.0696. The maximum absolute atomic E-state index is 11.0. The number of carboxylic acid groups (broad SMARTS) is 1. The second-order valence-electron chi connectivity index (χ2n) is 3.80. The number of rotatable bonds is 4. The average Bonchev–Trinajstić information content (AvgIpc) is 2.38. The molecular formula is C14H12ClNO2. The Morgan fingerprint density at radius 1 is 1.11 bits per heavy atom. The van der Waals surface area contributed by atoms with E-state index in [1.807, 2.05) is 24.3 Å². The Morgan fingerprint density at radius 2 is 1.78 bits per heavy atom. The molecule has 0 aliphatic heterocycles. The molecular weight excluding hydrogens is 250 g/mol. The van der Waals surface area contributed by atoms with Crippen LogP contribution >= 0.6 is 11.6 Å². The summed E-state index contributed by atoms with van der Waals surface area (Å²) >= 11 is 6.01. The number of halogens is 1. The van der Waals surface area contributed by atoms with Gasteiger partial charge in [0.25, 0.3) is 0 Å². The predicted molar refractivity (Wildman–Crippen MR) is 72.2 cm³/mol. The summed E-state index contributed by atoms with van der Waals surface area (Å²) in [6.07, 6.45) is 0. The van der Waals surface area contributed by atoms with Crippen molar-refractivity contribution in [3.63, 3.8) is 0 Å². The first-order chi connectivity index (χ1) is 8.68. The lowest BCUT2D eigenvalue weighted by Crippen LogP contribution is -2.07. The van der Waals surface area contributed by atoms with Gasteiger partial charge in [-0.1, -0.05) is 41.9 Å². The fourth-order valence-electron chi connectivity index (χ4n) is 1.68.